The first-order valence-electron chi connectivity index (χ1n) is 6.21. The quantitative estimate of drug-likeness (QED) is 0.605. The Morgan fingerprint density at radius 2 is 2.25 bits per heavy atom. The largest absolute Gasteiger partial charge is 0.384 e. The second kappa shape index (κ2) is 5.15. The van der Waals surface area contributed by atoms with Crippen molar-refractivity contribution < 1.29 is 4.79 Å². The number of Topliss-reactive ketones (excluding diaryl/α,β-unsaturated/α-hetero) is 1. The average molecular weight is 217 g/mol. The predicted molar refractivity (Wildman–Crippen MR) is 67.1 cm³/mol. The monoisotopic (exact) mass is 217 g/mol. The minimum atomic E-state index is 0.295. The summed E-state index contributed by atoms with van der Waals surface area (Å²) in [6.45, 7) is 3.16. The lowest BCUT2D eigenvalue weighted by atomic mass is 10.0. The van der Waals surface area contributed by atoms with Gasteiger partial charge in [0.05, 0.1) is 0 Å². The molecule has 86 valence electrons. The van der Waals surface area contributed by atoms with Gasteiger partial charge in [-0.25, -0.2) is 0 Å². The summed E-state index contributed by atoms with van der Waals surface area (Å²) in [6.07, 6.45) is 5.08. The number of anilines is 1. The molecule has 0 saturated heterocycles. The topological polar surface area (TPSA) is 29.1 Å². The van der Waals surface area contributed by atoms with Gasteiger partial charge in [0.25, 0.3) is 0 Å². The van der Waals surface area contributed by atoms with E-state index in [0.717, 1.165) is 31.4 Å². The first-order valence-corrected chi connectivity index (χ1v) is 6.21. The highest BCUT2D eigenvalue weighted by atomic mass is 16.1. The van der Waals surface area contributed by atoms with Gasteiger partial charge in [0, 0.05) is 24.2 Å². The van der Waals surface area contributed by atoms with Gasteiger partial charge in [0.1, 0.15) is 0 Å². The summed E-state index contributed by atoms with van der Waals surface area (Å²) >= 11 is 0. The third-order valence-corrected chi connectivity index (χ3v) is 3.14. The van der Waals surface area contributed by atoms with Gasteiger partial charge >= 0.3 is 0 Å². The number of ketones is 1. The zero-order chi connectivity index (χ0) is 11.4. The van der Waals surface area contributed by atoms with Gasteiger partial charge in [-0.2, -0.15) is 0 Å². The molecule has 0 bridgehead atoms. The highest BCUT2D eigenvalue weighted by molar-refractivity contribution is 5.96. The molecule has 16 heavy (non-hydrogen) atoms. The molecule has 0 fully saturated rings. The molecule has 1 aromatic rings. The maximum Gasteiger partial charge on any atom is 0.162 e. The van der Waals surface area contributed by atoms with Gasteiger partial charge in [-0.15, -0.1) is 0 Å². The van der Waals surface area contributed by atoms with Crippen molar-refractivity contribution in [2.45, 2.75) is 39.0 Å². The molecule has 2 nitrogen and oxygen atoms in total. The number of carbonyl (C=O) groups is 1. The van der Waals surface area contributed by atoms with E-state index in [4.69, 9.17) is 0 Å². The summed E-state index contributed by atoms with van der Waals surface area (Å²) in [6, 6.07) is 6.05. The second-order valence-electron chi connectivity index (χ2n) is 4.43. The van der Waals surface area contributed by atoms with Crippen LogP contribution in [0.5, 0.6) is 0 Å². The summed E-state index contributed by atoms with van der Waals surface area (Å²) in [4.78, 5) is 11.9. The van der Waals surface area contributed by atoms with Gasteiger partial charge in [-0.1, -0.05) is 19.8 Å². The third-order valence-electron chi connectivity index (χ3n) is 3.14. The fourth-order valence-corrected chi connectivity index (χ4v) is 2.16. The Balaban J connectivity index is 2.01. The fourth-order valence-electron chi connectivity index (χ4n) is 2.16. The van der Waals surface area contributed by atoms with Crippen LogP contribution in [-0.2, 0) is 6.42 Å². The Labute approximate surface area is 97.1 Å². The normalized spacial score (nSPS) is 13.3. The van der Waals surface area contributed by atoms with E-state index in [0.29, 0.717) is 12.2 Å². The van der Waals surface area contributed by atoms with Gasteiger partial charge in [-0.05, 0) is 36.6 Å². The zero-order valence-electron chi connectivity index (χ0n) is 9.88. The standard InChI is InChI=1S/C14H19NO/c1-2-3-4-5-14(16)12-6-7-13-11(10-12)8-9-15-13/h6-7,10,15H,2-5,8-9H2,1H3. The van der Waals surface area contributed by atoms with Crippen molar-refractivity contribution in [2.24, 2.45) is 0 Å². The van der Waals surface area contributed by atoms with Crippen LogP contribution in [0, 0.1) is 0 Å². The lowest BCUT2D eigenvalue weighted by molar-refractivity contribution is 0.0979. The number of carbonyl (C=O) groups excluding carboxylic acids is 1. The van der Waals surface area contributed by atoms with Crippen LogP contribution in [0.1, 0.15) is 48.5 Å². The second-order valence-corrected chi connectivity index (χ2v) is 4.43. The fraction of sp³-hybridized carbons (Fsp3) is 0.500. The van der Waals surface area contributed by atoms with E-state index in [9.17, 15) is 4.79 Å². The van der Waals surface area contributed by atoms with Crippen LogP contribution >= 0.6 is 0 Å². The smallest absolute Gasteiger partial charge is 0.162 e. The predicted octanol–water partition coefficient (Wildman–Crippen LogP) is 3.42. The molecule has 1 N–H and O–H groups in total. The molecule has 1 aliphatic heterocycles. The molecule has 0 spiro atoms. The number of nitrogens with one attached hydrogen (secondary N) is 1. The van der Waals surface area contributed by atoms with Crippen molar-refractivity contribution in [1.29, 1.82) is 0 Å². The molecule has 1 aromatic carbocycles. The maximum absolute atomic E-state index is 11.9. The minimum Gasteiger partial charge on any atom is -0.384 e. The van der Waals surface area contributed by atoms with Crippen LogP contribution in [0.25, 0.3) is 0 Å². The summed E-state index contributed by atoms with van der Waals surface area (Å²) in [5.74, 6) is 0.295. The first-order chi connectivity index (χ1) is 7.81. The van der Waals surface area contributed by atoms with E-state index in [-0.39, 0.29) is 0 Å². The highest BCUT2D eigenvalue weighted by Crippen LogP contribution is 2.23. The summed E-state index contributed by atoms with van der Waals surface area (Å²) < 4.78 is 0. The lowest BCUT2D eigenvalue weighted by Gasteiger charge is -2.04. The van der Waals surface area contributed by atoms with Gasteiger partial charge in [-0.3, -0.25) is 4.79 Å². The number of rotatable bonds is 5. The number of unbranched alkanes of at least 4 members (excludes halogenated alkanes) is 2. The Bertz CT molecular complexity index is 384. The van der Waals surface area contributed by atoms with E-state index in [1.807, 2.05) is 12.1 Å². The summed E-state index contributed by atoms with van der Waals surface area (Å²) in [5, 5.41) is 3.31. The number of hydrogen-bond acceptors (Lipinski definition) is 2. The van der Waals surface area contributed by atoms with Gasteiger partial charge < -0.3 is 5.32 Å². The molecule has 0 unspecified atom stereocenters. The Morgan fingerprint density at radius 3 is 3.06 bits per heavy atom. The molecule has 0 aliphatic carbocycles. The molecule has 2 rings (SSSR count). The summed E-state index contributed by atoms with van der Waals surface area (Å²) in [7, 11) is 0. The van der Waals surface area contributed by atoms with Crippen LogP contribution in [0.4, 0.5) is 5.69 Å². The molecule has 1 aliphatic rings. The average Bonchev–Trinajstić information content (AvgIpc) is 2.76. The molecule has 0 radical (unpaired) electrons. The molecular formula is C14H19NO. The van der Waals surface area contributed by atoms with E-state index in [2.05, 4.69) is 18.3 Å². The van der Waals surface area contributed by atoms with Crippen molar-refractivity contribution in [3.63, 3.8) is 0 Å². The summed E-state index contributed by atoms with van der Waals surface area (Å²) in [5.41, 5.74) is 3.38. The van der Waals surface area contributed by atoms with Gasteiger partial charge in [0.2, 0.25) is 0 Å². The molecule has 0 saturated carbocycles. The minimum absolute atomic E-state index is 0.295. The SMILES string of the molecule is CCCCCC(=O)c1ccc2c(c1)CCN2. The zero-order valence-corrected chi connectivity index (χ0v) is 9.88. The highest BCUT2D eigenvalue weighted by Gasteiger charge is 2.12. The van der Waals surface area contributed by atoms with Crippen LogP contribution in [0.3, 0.4) is 0 Å². The van der Waals surface area contributed by atoms with Crippen molar-refractivity contribution in [3.8, 4) is 0 Å². The molecule has 1 heterocycles. The van der Waals surface area contributed by atoms with E-state index >= 15 is 0 Å². The molecule has 0 atom stereocenters. The first kappa shape index (κ1) is 11.2. The van der Waals surface area contributed by atoms with Crippen LogP contribution in [0.2, 0.25) is 0 Å². The Hall–Kier alpha value is -1.31. The van der Waals surface area contributed by atoms with E-state index in [1.54, 1.807) is 0 Å². The van der Waals surface area contributed by atoms with E-state index in [1.165, 1.54) is 17.7 Å². The third kappa shape index (κ3) is 2.43. The van der Waals surface area contributed by atoms with Gasteiger partial charge in [0.15, 0.2) is 5.78 Å². The maximum atomic E-state index is 11.9. The lowest BCUT2D eigenvalue weighted by Crippen LogP contribution is -1.99. The number of fused-ring (bicyclic) bond motifs is 1. The molecule has 0 amide bonds. The number of benzene rings is 1. The molecular weight excluding hydrogens is 198 g/mol. The Morgan fingerprint density at radius 1 is 1.38 bits per heavy atom. The van der Waals surface area contributed by atoms with Crippen molar-refractivity contribution in [3.05, 3.63) is 29.3 Å². The van der Waals surface area contributed by atoms with Crippen molar-refractivity contribution in [1.82, 2.24) is 0 Å². The van der Waals surface area contributed by atoms with Crippen LogP contribution in [0.15, 0.2) is 18.2 Å². The number of hydrogen-bond donors (Lipinski definition) is 1. The van der Waals surface area contributed by atoms with E-state index < -0.39 is 0 Å². The molecule has 0 aromatic heterocycles. The Kier molecular flexibility index (Phi) is 3.60. The van der Waals surface area contributed by atoms with Crippen LogP contribution in [-0.4, -0.2) is 12.3 Å². The van der Waals surface area contributed by atoms with Crippen molar-refractivity contribution >= 4 is 11.5 Å². The molecule has 2 heteroatoms. The van der Waals surface area contributed by atoms with Crippen molar-refractivity contribution in [2.75, 3.05) is 11.9 Å². The van der Waals surface area contributed by atoms with Crippen LogP contribution < -0.4 is 5.32 Å².